The minimum absolute atomic E-state index is 0.0811. The molecule has 0 fully saturated rings. The van der Waals surface area contributed by atoms with Gasteiger partial charge in [0.25, 0.3) is 5.78 Å². The molecule has 2 aromatic rings. The highest BCUT2D eigenvalue weighted by Gasteiger charge is 2.57. The average molecular weight is 494 g/mol. The van der Waals surface area contributed by atoms with E-state index in [4.69, 9.17) is 18.9 Å². The van der Waals surface area contributed by atoms with Gasteiger partial charge in [0.05, 0.1) is 18.2 Å². The molecule has 1 spiro atoms. The third kappa shape index (κ3) is 2.62. The first-order chi connectivity index (χ1) is 17.1. The Hall–Kier alpha value is -4.54. The van der Waals surface area contributed by atoms with Gasteiger partial charge in [-0.15, -0.1) is 0 Å². The number of carbonyl (C=O) groups is 4. The lowest BCUT2D eigenvalue weighted by atomic mass is 9.86. The maximum atomic E-state index is 13.5. The molecule has 0 saturated carbocycles. The van der Waals surface area contributed by atoms with Crippen LogP contribution in [0.15, 0.2) is 17.9 Å². The van der Waals surface area contributed by atoms with E-state index in [1.165, 1.54) is 0 Å². The number of methoxy groups -OCH3 is 1. The van der Waals surface area contributed by atoms with Crippen LogP contribution in [0.3, 0.4) is 0 Å². The zero-order valence-corrected chi connectivity index (χ0v) is 19.0. The van der Waals surface area contributed by atoms with Crippen molar-refractivity contribution in [2.75, 3.05) is 7.11 Å². The summed E-state index contributed by atoms with van der Waals surface area (Å²) >= 11 is 0. The van der Waals surface area contributed by atoms with E-state index in [9.17, 15) is 34.5 Å². The van der Waals surface area contributed by atoms with Gasteiger partial charge in [-0.1, -0.05) is 6.07 Å². The second-order valence-corrected chi connectivity index (χ2v) is 9.01. The number of allylic oxidation sites excluding steroid dienone is 2. The van der Waals surface area contributed by atoms with Gasteiger partial charge < -0.3 is 34.3 Å². The zero-order chi connectivity index (χ0) is 25.7. The third-order valence-corrected chi connectivity index (χ3v) is 6.85. The smallest absolute Gasteiger partial charge is 0.342 e. The first-order valence-corrected chi connectivity index (χ1v) is 11.1. The molecule has 11 nitrogen and oxygen atoms in total. The molecular formula is C25H18O11. The van der Waals surface area contributed by atoms with E-state index in [-0.39, 0.29) is 36.0 Å². The Balaban J connectivity index is 1.47. The van der Waals surface area contributed by atoms with Crippen molar-refractivity contribution >= 4 is 23.3 Å². The molecule has 6 rings (SSSR count). The number of hydrogen-bond donors (Lipinski definition) is 3. The molecule has 11 heteroatoms. The number of esters is 1. The Morgan fingerprint density at radius 2 is 1.61 bits per heavy atom. The standard InChI is InChI=1S/C25H18O11/c1-8-5-10-6-9-3-4-25(35-21(9)19(29)13(10)24(32)34-8)23(31)16-18(28)14-11(26)7-12(33-2)17(27)15(14)20(30)22(16)36-25/h6-8,28-30H,3-5H2,1-2H3. The zero-order valence-electron chi connectivity index (χ0n) is 19.0. The summed E-state index contributed by atoms with van der Waals surface area (Å²) in [5.41, 5.74) is -0.629. The summed E-state index contributed by atoms with van der Waals surface area (Å²) in [7, 11) is 1.16. The molecule has 2 unspecified atom stereocenters. The van der Waals surface area contributed by atoms with E-state index in [2.05, 4.69) is 0 Å². The van der Waals surface area contributed by atoms with Crippen LogP contribution in [0.5, 0.6) is 28.7 Å². The van der Waals surface area contributed by atoms with Crippen LogP contribution in [0, 0.1) is 0 Å². The molecule has 1 aliphatic carbocycles. The molecule has 3 N–H and O–H groups in total. The highest BCUT2D eigenvalue weighted by Crippen LogP contribution is 2.55. The molecule has 2 atom stereocenters. The largest absolute Gasteiger partial charge is 0.506 e. The molecule has 0 amide bonds. The molecule has 0 aromatic heterocycles. The average Bonchev–Trinajstić information content (AvgIpc) is 3.11. The summed E-state index contributed by atoms with van der Waals surface area (Å²) in [5, 5.41) is 32.6. The number of phenolic OH excluding ortho intramolecular Hbond substituents is 3. The molecule has 3 heterocycles. The van der Waals surface area contributed by atoms with E-state index in [0.29, 0.717) is 17.5 Å². The van der Waals surface area contributed by atoms with E-state index in [1.54, 1.807) is 13.0 Å². The normalized spacial score (nSPS) is 23.6. The Bertz CT molecular complexity index is 1500. The van der Waals surface area contributed by atoms with Crippen molar-refractivity contribution in [3.63, 3.8) is 0 Å². The molecule has 3 aliphatic heterocycles. The molecule has 4 aliphatic rings. The second kappa shape index (κ2) is 7.00. The third-order valence-electron chi connectivity index (χ3n) is 6.85. The van der Waals surface area contributed by atoms with Crippen molar-refractivity contribution < 1.29 is 53.4 Å². The molecule has 0 bridgehead atoms. The van der Waals surface area contributed by atoms with E-state index in [0.717, 1.165) is 13.2 Å². The highest BCUT2D eigenvalue weighted by atomic mass is 16.7. The minimum atomic E-state index is -2.13. The number of ether oxygens (including phenoxy) is 4. The van der Waals surface area contributed by atoms with E-state index in [1.807, 2.05) is 0 Å². The lowest BCUT2D eigenvalue weighted by Crippen LogP contribution is -2.48. The van der Waals surface area contributed by atoms with Gasteiger partial charge in [0.2, 0.25) is 5.78 Å². The Kier molecular flexibility index (Phi) is 4.27. The fourth-order valence-corrected chi connectivity index (χ4v) is 5.20. The highest BCUT2D eigenvalue weighted by molar-refractivity contribution is 6.28. The number of Topliss-reactive ketones (excluding diaryl/α,β-unsaturated/α-hetero) is 2. The van der Waals surface area contributed by atoms with Gasteiger partial charge in [0.1, 0.15) is 23.0 Å². The number of phenols is 3. The van der Waals surface area contributed by atoms with Gasteiger partial charge in [-0.3, -0.25) is 14.4 Å². The van der Waals surface area contributed by atoms with Crippen molar-refractivity contribution in [1.82, 2.24) is 0 Å². The summed E-state index contributed by atoms with van der Waals surface area (Å²) in [6.07, 6.45) is 0.955. The van der Waals surface area contributed by atoms with Crippen LogP contribution in [0.25, 0.3) is 0 Å². The predicted octanol–water partition coefficient (Wildman–Crippen LogP) is 2.11. The molecule has 0 radical (unpaired) electrons. The second-order valence-electron chi connectivity index (χ2n) is 9.01. The number of ketones is 3. The van der Waals surface area contributed by atoms with Crippen molar-refractivity contribution in [2.24, 2.45) is 0 Å². The number of aryl methyl sites for hydroxylation is 1. The Labute approximate surface area is 202 Å². The van der Waals surface area contributed by atoms with E-state index < -0.39 is 68.8 Å². The quantitative estimate of drug-likeness (QED) is 0.392. The summed E-state index contributed by atoms with van der Waals surface area (Å²) in [5.74, 6) is -8.78. The SMILES string of the molecule is COC1=CC(=O)c2c(O)c3c(c(O)c2C1=O)OC1(CCc2cc4c(c(O)c2O1)C(=O)OC(C)C4)C3=O. The van der Waals surface area contributed by atoms with Crippen LogP contribution >= 0.6 is 0 Å². The number of cyclic esters (lactones) is 1. The van der Waals surface area contributed by atoms with Crippen LogP contribution in [0.4, 0.5) is 0 Å². The number of benzene rings is 2. The monoisotopic (exact) mass is 494 g/mol. The summed E-state index contributed by atoms with van der Waals surface area (Å²) < 4.78 is 21.7. The van der Waals surface area contributed by atoms with Crippen LogP contribution < -0.4 is 9.47 Å². The topological polar surface area (TPSA) is 166 Å². The van der Waals surface area contributed by atoms with Crippen LogP contribution in [0.1, 0.15) is 65.9 Å². The van der Waals surface area contributed by atoms with Gasteiger partial charge in [-0.05, 0) is 24.5 Å². The van der Waals surface area contributed by atoms with Crippen LogP contribution in [0.2, 0.25) is 0 Å². The van der Waals surface area contributed by atoms with Gasteiger partial charge in [-0.2, -0.15) is 0 Å². The number of fused-ring (bicyclic) bond motifs is 4. The maximum Gasteiger partial charge on any atom is 0.342 e. The summed E-state index contributed by atoms with van der Waals surface area (Å²) in [4.78, 5) is 51.3. The van der Waals surface area contributed by atoms with Gasteiger partial charge in [-0.25, -0.2) is 4.79 Å². The van der Waals surface area contributed by atoms with Gasteiger partial charge in [0.15, 0.2) is 34.5 Å². The number of rotatable bonds is 1. The first kappa shape index (κ1) is 22.0. The summed E-state index contributed by atoms with van der Waals surface area (Å²) in [6, 6.07) is 1.70. The fourth-order valence-electron chi connectivity index (χ4n) is 5.20. The lowest BCUT2D eigenvalue weighted by Gasteiger charge is -2.34. The van der Waals surface area contributed by atoms with Crippen molar-refractivity contribution in [2.45, 2.75) is 38.1 Å². The minimum Gasteiger partial charge on any atom is -0.506 e. The van der Waals surface area contributed by atoms with Crippen molar-refractivity contribution in [3.05, 3.63) is 51.3 Å². The van der Waals surface area contributed by atoms with Crippen LogP contribution in [-0.4, -0.2) is 57.6 Å². The molecular weight excluding hydrogens is 476 g/mol. The number of carbonyl (C=O) groups excluding carboxylic acids is 4. The molecule has 184 valence electrons. The van der Waals surface area contributed by atoms with Crippen molar-refractivity contribution in [3.8, 4) is 28.7 Å². The lowest BCUT2D eigenvalue weighted by molar-refractivity contribution is -0.0836. The van der Waals surface area contributed by atoms with Crippen LogP contribution in [-0.2, 0) is 22.3 Å². The molecule has 36 heavy (non-hydrogen) atoms. The fraction of sp³-hybridized carbons (Fsp3) is 0.280. The molecule has 2 aromatic carbocycles. The van der Waals surface area contributed by atoms with Gasteiger partial charge >= 0.3 is 11.8 Å². The number of hydrogen-bond acceptors (Lipinski definition) is 11. The number of aromatic hydroxyl groups is 3. The molecule has 0 saturated heterocycles. The van der Waals surface area contributed by atoms with E-state index >= 15 is 0 Å². The maximum absolute atomic E-state index is 13.5. The Morgan fingerprint density at radius 1 is 0.917 bits per heavy atom. The predicted molar refractivity (Wildman–Crippen MR) is 117 cm³/mol. The van der Waals surface area contributed by atoms with Crippen molar-refractivity contribution in [1.29, 1.82) is 0 Å². The Morgan fingerprint density at radius 3 is 2.33 bits per heavy atom. The summed E-state index contributed by atoms with van der Waals surface area (Å²) in [6.45, 7) is 1.73. The van der Waals surface area contributed by atoms with Gasteiger partial charge in [0, 0.05) is 18.9 Å². The first-order valence-electron chi connectivity index (χ1n) is 11.1.